The van der Waals surface area contributed by atoms with E-state index in [0.717, 1.165) is 29.5 Å². The number of hydrogen-bond donors (Lipinski definition) is 0. The maximum atomic E-state index is 13.4. The molecular formula is C29H32BrClN2O4S. The summed E-state index contributed by atoms with van der Waals surface area (Å²) in [7, 11) is -2.05. The standard InChI is InChI=1S/C29H32BrClN2O4S/c1-19-11-13-33(14-12-19)38(35,36)28-16-22(7-9-25(28)30)29(34)32(4)18-23-6-8-24(31)17-27(23)37-26-10-5-20(2)15-21(26)3/h5-10,15-17,19H,11-14,18H2,1-4H3. The highest BCUT2D eigenvalue weighted by molar-refractivity contribution is 9.10. The molecule has 4 rings (SSSR count). The second kappa shape index (κ2) is 11.8. The van der Waals surface area contributed by atoms with Crippen LogP contribution in [0.3, 0.4) is 0 Å². The third-order valence-corrected chi connectivity index (χ3v) is 10.00. The van der Waals surface area contributed by atoms with Crippen molar-refractivity contribution in [3.63, 3.8) is 0 Å². The Morgan fingerprint density at radius 1 is 1.05 bits per heavy atom. The van der Waals surface area contributed by atoms with E-state index in [1.54, 1.807) is 36.2 Å². The van der Waals surface area contributed by atoms with Crippen molar-refractivity contribution in [2.24, 2.45) is 5.92 Å². The van der Waals surface area contributed by atoms with Crippen LogP contribution in [0.2, 0.25) is 5.02 Å². The van der Waals surface area contributed by atoms with E-state index in [1.165, 1.54) is 10.4 Å². The van der Waals surface area contributed by atoms with E-state index in [2.05, 4.69) is 22.9 Å². The number of benzene rings is 3. The molecule has 38 heavy (non-hydrogen) atoms. The van der Waals surface area contributed by atoms with Crippen LogP contribution in [0, 0.1) is 19.8 Å². The van der Waals surface area contributed by atoms with Crippen LogP contribution < -0.4 is 4.74 Å². The first-order chi connectivity index (χ1) is 18.0. The molecule has 1 aliphatic rings. The molecule has 1 fully saturated rings. The van der Waals surface area contributed by atoms with Gasteiger partial charge in [-0.15, -0.1) is 0 Å². The predicted molar refractivity (Wildman–Crippen MR) is 155 cm³/mol. The molecule has 9 heteroatoms. The van der Waals surface area contributed by atoms with Crippen molar-refractivity contribution in [1.82, 2.24) is 9.21 Å². The van der Waals surface area contributed by atoms with Gasteiger partial charge in [0.15, 0.2) is 0 Å². The lowest BCUT2D eigenvalue weighted by atomic mass is 10.0. The number of ether oxygens (including phenoxy) is 1. The molecule has 0 unspecified atom stereocenters. The van der Waals surface area contributed by atoms with Gasteiger partial charge in [-0.05, 0) is 90.5 Å². The molecule has 6 nitrogen and oxygen atoms in total. The molecule has 1 aliphatic heterocycles. The number of aryl methyl sites for hydroxylation is 2. The fourth-order valence-electron chi connectivity index (χ4n) is 4.53. The summed E-state index contributed by atoms with van der Waals surface area (Å²) >= 11 is 9.65. The first-order valence-corrected chi connectivity index (χ1v) is 15.2. The highest BCUT2D eigenvalue weighted by Gasteiger charge is 2.30. The Balaban J connectivity index is 1.57. The fourth-order valence-corrected chi connectivity index (χ4v) is 7.11. The number of rotatable bonds is 7. The number of piperidine rings is 1. The topological polar surface area (TPSA) is 66.9 Å². The molecule has 1 heterocycles. The van der Waals surface area contributed by atoms with Gasteiger partial charge in [0.25, 0.3) is 5.91 Å². The minimum absolute atomic E-state index is 0.108. The van der Waals surface area contributed by atoms with Crippen molar-refractivity contribution >= 4 is 43.5 Å². The smallest absolute Gasteiger partial charge is 0.253 e. The summed E-state index contributed by atoms with van der Waals surface area (Å²) in [5.41, 5.74) is 3.20. The minimum atomic E-state index is -3.73. The lowest BCUT2D eigenvalue weighted by molar-refractivity contribution is 0.0784. The van der Waals surface area contributed by atoms with Crippen molar-refractivity contribution < 1.29 is 17.9 Å². The Kier molecular flexibility index (Phi) is 8.87. The molecule has 0 radical (unpaired) electrons. The zero-order valence-electron chi connectivity index (χ0n) is 22.0. The van der Waals surface area contributed by atoms with E-state index in [4.69, 9.17) is 16.3 Å². The molecular weight excluding hydrogens is 588 g/mol. The maximum absolute atomic E-state index is 13.4. The van der Waals surface area contributed by atoms with Crippen molar-refractivity contribution in [3.8, 4) is 11.5 Å². The molecule has 3 aromatic rings. The number of hydrogen-bond acceptors (Lipinski definition) is 4. The number of sulfonamides is 1. The molecule has 1 saturated heterocycles. The third kappa shape index (κ3) is 6.42. The number of carbonyl (C=O) groups excluding carboxylic acids is 1. The van der Waals surface area contributed by atoms with Crippen LogP contribution in [0.4, 0.5) is 0 Å². The molecule has 0 atom stereocenters. The van der Waals surface area contributed by atoms with Crippen LogP contribution in [-0.2, 0) is 16.6 Å². The summed E-state index contributed by atoms with van der Waals surface area (Å²) in [6.45, 7) is 7.34. The fraction of sp³-hybridized carbons (Fsp3) is 0.345. The molecule has 0 aromatic heterocycles. The quantitative estimate of drug-likeness (QED) is 0.280. The summed E-state index contributed by atoms with van der Waals surface area (Å²) in [6.07, 6.45) is 1.65. The van der Waals surface area contributed by atoms with Crippen LogP contribution in [0.15, 0.2) is 64.0 Å². The third-order valence-electron chi connectivity index (χ3n) is 6.87. The zero-order chi connectivity index (χ0) is 27.6. The SMILES string of the molecule is Cc1ccc(Oc2cc(Cl)ccc2CN(C)C(=O)c2ccc(Br)c(S(=O)(=O)N3CCC(C)CC3)c2)c(C)c1. The number of nitrogens with zero attached hydrogens (tertiary/aromatic N) is 2. The largest absolute Gasteiger partial charge is 0.457 e. The number of amides is 1. The molecule has 0 N–H and O–H groups in total. The summed E-state index contributed by atoms with van der Waals surface area (Å²) in [4.78, 5) is 15.1. The van der Waals surface area contributed by atoms with Gasteiger partial charge >= 0.3 is 0 Å². The van der Waals surface area contributed by atoms with Gasteiger partial charge in [0, 0.05) is 47.3 Å². The summed E-state index contributed by atoms with van der Waals surface area (Å²) in [5, 5.41) is 0.525. The Hall–Kier alpha value is -2.39. The highest BCUT2D eigenvalue weighted by Crippen LogP contribution is 2.33. The molecule has 202 valence electrons. The molecule has 0 spiro atoms. The lowest BCUT2D eigenvalue weighted by Gasteiger charge is -2.29. The first-order valence-electron chi connectivity index (χ1n) is 12.5. The Morgan fingerprint density at radius 3 is 2.45 bits per heavy atom. The summed E-state index contributed by atoms with van der Waals surface area (Å²) in [6, 6.07) is 16.0. The zero-order valence-corrected chi connectivity index (χ0v) is 25.2. The van der Waals surface area contributed by atoms with Crippen LogP contribution >= 0.6 is 27.5 Å². The Morgan fingerprint density at radius 2 is 1.76 bits per heavy atom. The molecule has 1 amide bonds. The van der Waals surface area contributed by atoms with Gasteiger partial charge in [0.1, 0.15) is 11.5 Å². The number of carbonyl (C=O) groups is 1. The molecule has 0 saturated carbocycles. The predicted octanol–water partition coefficient (Wildman–Crippen LogP) is 7.20. The van der Waals surface area contributed by atoms with Gasteiger partial charge in [-0.1, -0.05) is 42.3 Å². The highest BCUT2D eigenvalue weighted by atomic mass is 79.9. The second-order valence-electron chi connectivity index (χ2n) is 10.0. The van der Waals surface area contributed by atoms with Gasteiger partial charge in [-0.2, -0.15) is 4.31 Å². The van der Waals surface area contributed by atoms with Gasteiger partial charge in [-0.25, -0.2) is 8.42 Å². The lowest BCUT2D eigenvalue weighted by Crippen LogP contribution is -2.38. The van der Waals surface area contributed by atoms with Crippen LogP contribution in [0.5, 0.6) is 11.5 Å². The van der Waals surface area contributed by atoms with E-state index in [0.29, 0.717) is 45.6 Å². The van der Waals surface area contributed by atoms with Gasteiger partial charge in [-0.3, -0.25) is 4.79 Å². The minimum Gasteiger partial charge on any atom is -0.457 e. The monoisotopic (exact) mass is 618 g/mol. The van der Waals surface area contributed by atoms with E-state index < -0.39 is 10.0 Å². The van der Waals surface area contributed by atoms with E-state index in [-0.39, 0.29) is 17.3 Å². The van der Waals surface area contributed by atoms with Crippen molar-refractivity contribution in [3.05, 3.63) is 86.3 Å². The number of halogens is 2. The first kappa shape index (κ1) is 28.6. The van der Waals surface area contributed by atoms with Crippen LogP contribution in [0.1, 0.15) is 46.8 Å². The van der Waals surface area contributed by atoms with Gasteiger partial charge in [0.2, 0.25) is 10.0 Å². The molecule has 0 aliphatic carbocycles. The Bertz CT molecular complexity index is 1450. The second-order valence-corrected chi connectivity index (χ2v) is 13.2. The van der Waals surface area contributed by atoms with E-state index >= 15 is 0 Å². The average Bonchev–Trinajstić information content (AvgIpc) is 2.87. The Labute approximate surface area is 238 Å². The van der Waals surface area contributed by atoms with Crippen molar-refractivity contribution in [2.45, 2.75) is 45.1 Å². The van der Waals surface area contributed by atoms with Crippen molar-refractivity contribution in [1.29, 1.82) is 0 Å². The van der Waals surface area contributed by atoms with Crippen molar-refractivity contribution in [2.75, 3.05) is 20.1 Å². The molecule has 0 bridgehead atoms. The van der Waals surface area contributed by atoms with E-state index in [1.807, 2.05) is 38.1 Å². The normalized spacial score (nSPS) is 14.9. The summed E-state index contributed by atoms with van der Waals surface area (Å²) in [5.74, 6) is 1.47. The maximum Gasteiger partial charge on any atom is 0.253 e. The molecule has 3 aromatic carbocycles. The van der Waals surface area contributed by atoms with Gasteiger partial charge < -0.3 is 9.64 Å². The average molecular weight is 620 g/mol. The van der Waals surface area contributed by atoms with Gasteiger partial charge in [0.05, 0.1) is 4.90 Å². The van der Waals surface area contributed by atoms with E-state index in [9.17, 15) is 13.2 Å². The summed E-state index contributed by atoms with van der Waals surface area (Å²) < 4.78 is 34.9. The van der Waals surface area contributed by atoms with Crippen LogP contribution in [-0.4, -0.2) is 43.7 Å². The van der Waals surface area contributed by atoms with Crippen LogP contribution in [0.25, 0.3) is 0 Å².